The van der Waals surface area contributed by atoms with Crippen LogP contribution in [0.1, 0.15) is 21.5 Å². The van der Waals surface area contributed by atoms with Crippen LogP contribution in [0.5, 0.6) is 5.75 Å². The Labute approximate surface area is 207 Å². The first-order chi connectivity index (χ1) is 12.2. The summed E-state index contributed by atoms with van der Waals surface area (Å²) in [6.45, 7) is 3.82. The fourth-order valence-corrected chi connectivity index (χ4v) is 3.15. The SMILES string of the molecule is Cc1ccc(NC(=O)c2cc3ccccc3cc2OP(=O)(O)O)c(C)c1.[Na].[Na]. The number of phosphoric ester groups is 1. The first kappa shape index (κ1) is 25.4. The molecule has 3 aromatic carbocycles. The molecule has 0 fully saturated rings. The number of amides is 1. The minimum Gasteiger partial charge on any atom is -0.403 e. The Kier molecular flexibility index (Phi) is 9.42. The average molecular weight is 417 g/mol. The van der Waals surface area contributed by atoms with Crippen LogP contribution < -0.4 is 9.84 Å². The number of carbonyl (C=O) groups is 1. The second-order valence-electron chi connectivity index (χ2n) is 6.05. The molecule has 1 amide bonds. The third kappa shape index (κ3) is 6.42. The van der Waals surface area contributed by atoms with Crippen molar-refractivity contribution < 1.29 is 23.7 Å². The van der Waals surface area contributed by atoms with Crippen LogP contribution in [0, 0.1) is 13.8 Å². The number of hydrogen-bond acceptors (Lipinski definition) is 3. The van der Waals surface area contributed by atoms with Gasteiger partial charge in [0.2, 0.25) is 0 Å². The normalized spacial score (nSPS) is 10.6. The molecule has 2 radical (unpaired) electrons. The van der Waals surface area contributed by atoms with E-state index in [1.807, 2.05) is 38.1 Å². The van der Waals surface area contributed by atoms with Crippen molar-refractivity contribution in [3.05, 3.63) is 71.3 Å². The molecule has 136 valence electrons. The van der Waals surface area contributed by atoms with E-state index < -0.39 is 13.7 Å². The van der Waals surface area contributed by atoms with Gasteiger partial charge in [-0.3, -0.25) is 14.6 Å². The van der Waals surface area contributed by atoms with Crippen molar-refractivity contribution in [1.82, 2.24) is 0 Å². The van der Waals surface area contributed by atoms with Gasteiger partial charge in [-0.25, -0.2) is 4.57 Å². The number of carbonyl (C=O) groups excluding carboxylic acids is 1. The zero-order valence-corrected chi connectivity index (χ0v) is 21.2. The summed E-state index contributed by atoms with van der Waals surface area (Å²) in [5.74, 6) is -0.676. The Morgan fingerprint density at radius 1 is 0.964 bits per heavy atom. The van der Waals surface area contributed by atoms with Gasteiger partial charge in [0.1, 0.15) is 5.75 Å². The second-order valence-corrected chi connectivity index (χ2v) is 7.21. The fraction of sp³-hybridized carbons (Fsp3) is 0.105. The molecule has 0 atom stereocenters. The molecule has 0 saturated heterocycles. The van der Waals surface area contributed by atoms with Gasteiger partial charge in [-0.1, -0.05) is 42.0 Å². The average Bonchev–Trinajstić information content (AvgIpc) is 2.55. The maximum Gasteiger partial charge on any atom is 0.524 e. The third-order valence-corrected chi connectivity index (χ3v) is 4.37. The Morgan fingerprint density at radius 2 is 1.57 bits per heavy atom. The molecule has 0 spiro atoms. The first-order valence-corrected chi connectivity index (χ1v) is 9.42. The van der Waals surface area contributed by atoms with Crippen molar-refractivity contribution in [2.75, 3.05) is 5.32 Å². The zero-order chi connectivity index (χ0) is 18.9. The topological polar surface area (TPSA) is 95.9 Å². The Morgan fingerprint density at radius 3 is 2.14 bits per heavy atom. The van der Waals surface area contributed by atoms with Crippen LogP contribution in [-0.2, 0) is 4.57 Å². The molecule has 0 heterocycles. The number of rotatable bonds is 4. The summed E-state index contributed by atoms with van der Waals surface area (Å²) < 4.78 is 16.1. The van der Waals surface area contributed by atoms with Gasteiger partial charge >= 0.3 is 7.82 Å². The number of phosphoric acid groups is 1. The number of anilines is 1. The van der Waals surface area contributed by atoms with E-state index in [1.54, 1.807) is 24.3 Å². The maximum atomic E-state index is 12.8. The summed E-state index contributed by atoms with van der Waals surface area (Å²) in [4.78, 5) is 31.1. The van der Waals surface area contributed by atoms with Crippen molar-refractivity contribution in [2.24, 2.45) is 0 Å². The van der Waals surface area contributed by atoms with E-state index in [0.717, 1.165) is 16.5 Å². The largest absolute Gasteiger partial charge is 0.524 e. The summed E-state index contributed by atoms with van der Waals surface area (Å²) in [5, 5.41) is 4.24. The second kappa shape index (κ2) is 10.4. The molecule has 3 aromatic rings. The Balaban J connectivity index is 0.00000196. The third-order valence-electron chi connectivity index (χ3n) is 3.94. The number of fused-ring (bicyclic) bond motifs is 1. The van der Waals surface area contributed by atoms with E-state index in [1.165, 1.54) is 6.07 Å². The molecule has 0 bridgehead atoms. The molecule has 3 rings (SSSR count). The zero-order valence-electron chi connectivity index (χ0n) is 16.3. The smallest absolute Gasteiger partial charge is 0.403 e. The molecule has 6 nitrogen and oxygen atoms in total. The van der Waals surface area contributed by atoms with E-state index >= 15 is 0 Å². The van der Waals surface area contributed by atoms with E-state index in [0.29, 0.717) is 11.1 Å². The first-order valence-electron chi connectivity index (χ1n) is 7.89. The number of hydrogen-bond donors (Lipinski definition) is 3. The van der Waals surface area contributed by atoms with Crippen LogP contribution in [0.4, 0.5) is 5.69 Å². The van der Waals surface area contributed by atoms with E-state index in [4.69, 9.17) is 4.52 Å². The summed E-state index contributed by atoms with van der Waals surface area (Å²) in [5.41, 5.74) is 2.62. The molecule has 3 N–H and O–H groups in total. The van der Waals surface area contributed by atoms with Gasteiger partial charge in [0.05, 0.1) is 5.56 Å². The Hall–Kier alpha value is -0.660. The quantitative estimate of drug-likeness (QED) is 0.447. The van der Waals surface area contributed by atoms with Crippen LogP contribution in [-0.4, -0.2) is 74.8 Å². The van der Waals surface area contributed by atoms with Crippen molar-refractivity contribution in [3.63, 3.8) is 0 Å². The van der Waals surface area contributed by atoms with Crippen LogP contribution >= 0.6 is 7.82 Å². The van der Waals surface area contributed by atoms with E-state index in [2.05, 4.69) is 5.32 Å². The molecule has 0 aromatic heterocycles. The molecule has 9 heteroatoms. The number of aryl methyl sites for hydroxylation is 2. The van der Waals surface area contributed by atoms with Crippen LogP contribution in [0.2, 0.25) is 0 Å². The number of benzene rings is 3. The van der Waals surface area contributed by atoms with Crippen LogP contribution in [0.25, 0.3) is 10.8 Å². The summed E-state index contributed by atoms with van der Waals surface area (Å²) >= 11 is 0. The van der Waals surface area contributed by atoms with Gasteiger partial charge < -0.3 is 9.84 Å². The molecule has 0 aliphatic carbocycles. The van der Waals surface area contributed by atoms with Crippen molar-refractivity contribution in [2.45, 2.75) is 13.8 Å². The monoisotopic (exact) mass is 417 g/mol. The van der Waals surface area contributed by atoms with E-state index in [-0.39, 0.29) is 70.4 Å². The molecule has 0 aliphatic rings. The molecule has 0 unspecified atom stereocenters. The molecule has 0 aliphatic heterocycles. The van der Waals surface area contributed by atoms with Crippen LogP contribution in [0.15, 0.2) is 54.6 Å². The molecule has 0 saturated carbocycles. The maximum absolute atomic E-state index is 12.8. The van der Waals surface area contributed by atoms with Crippen molar-refractivity contribution in [3.8, 4) is 5.75 Å². The van der Waals surface area contributed by atoms with Gasteiger partial charge in [-0.05, 0) is 48.4 Å². The molecular weight excluding hydrogens is 399 g/mol. The van der Waals surface area contributed by atoms with Gasteiger partial charge in [0.25, 0.3) is 5.91 Å². The standard InChI is InChI=1S/C19H18NO5P.2Na/c1-12-7-8-17(13(2)9-12)20-19(21)16-10-14-5-3-4-6-15(14)11-18(16)25-26(22,23)24;;/h3-11H,1-2H3,(H,20,21)(H2,22,23,24);;. The summed E-state index contributed by atoms with van der Waals surface area (Å²) in [6.07, 6.45) is 0. The van der Waals surface area contributed by atoms with Crippen LogP contribution in [0.3, 0.4) is 0 Å². The van der Waals surface area contributed by atoms with Gasteiger partial charge in [-0.15, -0.1) is 0 Å². The van der Waals surface area contributed by atoms with Crippen molar-refractivity contribution in [1.29, 1.82) is 0 Å². The Bertz CT molecular complexity index is 1050. The van der Waals surface area contributed by atoms with Crippen molar-refractivity contribution >= 4 is 89.3 Å². The molecular formula is C19H18NNa2O5P. The van der Waals surface area contributed by atoms with E-state index in [9.17, 15) is 19.1 Å². The minimum atomic E-state index is -4.81. The minimum absolute atomic E-state index is 0. The fourth-order valence-electron chi connectivity index (χ4n) is 2.74. The summed E-state index contributed by atoms with van der Waals surface area (Å²) in [7, 11) is -4.81. The van der Waals surface area contributed by atoms with Gasteiger partial charge in [-0.2, -0.15) is 0 Å². The predicted molar refractivity (Wildman–Crippen MR) is 112 cm³/mol. The van der Waals surface area contributed by atoms with Gasteiger partial charge in [0, 0.05) is 64.8 Å². The number of nitrogens with one attached hydrogen (secondary N) is 1. The van der Waals surface area contributed by atoms with Gasteiger partial charge in [0.15, 0.2) is 0 Å². The summed E-state index contributed by atoms with van der Waals surface area (Å²) in [6, 6.07) is 15.8. The molecule has 28 heavy (non-hydrogen) atoms. The predicted octanol–water partition coefficient (Wildman–Crippen LogP) is 3.42.